The van der Waals surface area contributed by atoms with E-state index in [9.17, 15) is 4.79 Å². The van der Waals surface area contributed by atoms with Crippen molar-refractivity contribution in [3.63, 3.8) is 0 Å². The first-order valence-electron chi connectivity index (χ1n) is 6.73. The van der Waals surface area contributed by atoms with Crippen molar-refractivity contribution in [1.29, 1.82) is 5.26 Å². The molecule has 0 aliphatic heterocycles. The number of nitrogens with zero attached hydrogens (tertiary/aromatic N) is 1. The zero-order valence-electron chi connectivity index (χ0n) is 11.7. The summed E-state index contributed by atoms with van der Waals surface area (Å²) in [6, 6.07) is 3.48. The first-order chi connectivity index (χ1) is 8.40. The van der Waals surface area contributed by atoms with Gasteiger partial charge in [0.2, 0.25) is 0 Å². The molecule has 18 heavy (non-hydrogen) atoms. The Balaban J connectivity index is 2.16. The molecule has 0 spiro atoms. The van der Waals surface area contributed by atoms with Crippen LogP contribution >= 0.6 is 0 Å². The molecule has 0 unspecified atom stereocenters. The highest BCUT2D eigenvalue weighted by molar-refractivity contribution is 6.76. The van der Waals surface area contributed by atoms with E-state index < -0.39 is 8.07 Å². The highest BCUT2D eigenvalue weighted by Crippen LogP contribution is 2.23. The molecule has 0 saturated heterocycles. The molecule has 0 heterocycles. The second kappa shape index (κ2) is 6.79. The third-order valence-electron chi connectivity index (χ3n) is 3.32. The molecule has 0 aromatic heterocycles. The molecule has 0 atom stereocenters. The molecule has 1 aliphatic rings. The van der Waals surface area contributed by atoms with Gasteiger partial charge in [-0.2, -0.15) is 5.26 Å². The van der Waals surface area contributed by atoms with Crippen LogP contribution in [0.5, 0.6) is 0 Å². The molecule has 0 aromatic rings. The van der Waals surface area contributed by atoms with Gasteiger partial charge in [-0.25, -0.2) is 4.79 Å². The highest BCUT2D eigenvalue weighted by Gasteiger charge is 2.22. The molecule has 1 saturated carbocycles. The van der Waals surface area contributed by atoms with Crippen molar-refractivity contribution in [2.45, 2.75) is 57.4 Å². The quantitative estimate of drug-likeness (QED) is 0.797. The minimum absolute atomic E-state index is 0.172. The Morgan fingerprint density at radius 1 is 1.33 bits per heavy atom. The summed E-state index contributed by atoms with van der Waals surface area (Å²) in [5, 5.41) is 11.7. The number of hydrogen-bond acceptors (Lipinski definition) is 3. The second-order valence-electron chi connectivity index (χ2n) is 6.27. The molecular weight excluding hydrogens is 244 g/mol. The number of rotatable bonds is 4. The topological polar surface area (TPSA) is 62.1 Å². The maximum absolute atomic E-state index is 11.6. The third-order valence-corrected chi connectivity index (χ3v) is 5.02. The van der Waals surface area contributed by atoms with Crippen molar-refractivity contribution < 1.29 is 9.53 Å². The fraction of sp³-hybridized carbons (Fsp3) is 0.846. The van der Waals surface area contributed by atoms with Gasteiger partial charge in [0.25, 0.3) is 0 Å². The average molecular weight is 268 g/mol. The van der Waals surface area contributed by atoms with Gasteiger partial charge in [-0.3, -0.25) is 0 Å². The molecule has 0 aromatic carbocycles. The first-order valence-corrected chi connectivity index (χ1v) is 10.4. The predicted molar refractivity (Wildman–Crippen MR) is 74.0 cm³/mol. The fourth-order valence-corrected chi connectivity index (χ4v) is 2.74. The molecule has 1 aliphatic carbocycles. The van der Waals surface area contributed by atoms with Gasteiger partial charge in [0.05, 0.1) is 12.7 Å². The molecule has 1 amide bonds. The van der Waals surface area contributed by atoms with Gasteiger partial charge in [0, 0.05) is 20.0 Å². The maximum atomic E-state index is 11.6. The molecule has 0 bridgehead atoms. The van der Waals surface area contributed by atoms with E-state index >= 15 is 0 Å². The van der Waals surface area contributed by atoms with E-state index in [1.807, 2.05) is 0 Å². The lowest BCUT2D eigenvalue weighted by Crippen LogP contribution is -2.38. The Labute approximate surface area is 111 Å². The summed E-state index contributed by atoms with van der Waals surface area (Å²) < 4.78 is 5.19. The van der Waals surface area contributed by atoms with Crippen molar-refractivity contribution in [2.24, 2.45) is 5.92 Å². The van der Waals surface area contributed by atoms with E-state index in [1.54, 1.807) is 0 Å². The number of alkyl carbamates (subject to hydrolysis) is 1. The molecule has 1 fully saturated rings. The van der Waals surface area contributed by atoms with Crippen LogP contribution in [-0.2, 0) is 4.74 Å². The summed E-state index contributed by atoms with van der Waals surface area (Å²) >= 11 is 0. The van der Waals surface area contributed by atoms with Crippen LogP contribution < -0.4 is 5.32 Å². The molecule has 102 valence electrons. The smallest absolute Gasteiger partial charge is 0.407 e. The van der Waals surface area contributed by atoms with Gasteiger partial charge in [0.1, 0.15) is 0 Å². The van der Waals surface area contributed by atoms with Gasteiger partial charge >= 0.3 is 6.09 Å². The number of carbonyl (C=O) groups excluding carboxylic acids is 1. The minimum Gasteiger partial charge on any atom is -0.450 e. The summed E-state index contributed by atoms with van der Waals surface area (Å²) in [5.41, 5.74) is 0. The lowest BCUT2D eigenvalue weighted by atomic mass is 9.87. The lowest BCUT2D eigenvalue weighted by Gasteiger charge is -2.25. The summed E-state index contributed by atoms with van der Waals surface area (Å²) in [6.45, 7) is 7.31. The number of ether oxygens (including phenoxy) is 1. The number of carbonyl (C=O) groups is 1. The van der Waals surface area contributed by atoms with Gasteiger partial charge in [-0.05, 0) is 31.7 Å². The van der Waals surface area contributed by atoms with Crippen LogP contribution in [0.15, 0.2) is 0 Å². The minimum atomic E-state index is -1.13. The Hall–Kier alpha value is -1.02. The molecule has 1 rings (SSSR count). The predicted octanol–water partition coefficient (Wildman–Crippen LogP) is 3.13. The summed E-state index contributed by atoms with van der Waals surface area (Å²) in [7, 11) is -1.13. The summed E-state index contributed by atoms with van der Waals surface area (Å²) in [5.74, 6) is 0.172. The van der Waals surface area contributed by atoms with Crippen molar-refractivity contribution in [1.82, 2.24) is 5.32 Å². The fourth-order valence-electron chi connectivity index (χ4n) is 2.03. The lowest BCUT2D eigenvalue weighted by molar-refractivity contribution is 0.143. The van der Waals surface area contributed by atoms with Crippen molar-refractivity contribution >= 4 is 14.2 Å². The van der Waals surface area contributed by atoms with Crippen LogP contribution in [0.25, 0.3) is 0 Å². The summed E-state index contributed by atoms with van der Waals surface area (Å²) in [4.78, 5) is 11.6. The molecule has 4 nitrogen and oxygen atoms in total. The van der Waals surface area contributed by atoms with Gasteiger partial charge in [-0.15, -0.1) is 0 Å². The highest BCUT2D eigenvalue weighted by atomic mass is 28.3. The van der Waals surface area contributed by atoms with Crippen molar-refractivity contribution in [2.75, 3.05) is 6.61 Å². The third kappa shape index (κ3) is 6.06. The maximum Gasteiger partial charge on any atom is 0.407 e. The largest absolute Gasteiger partial charge is 0.450 e. The van der Waals surface area contributed by atoms with Crippen LogP contribution in [0.4, 0.5) is 4.79 Å². The average Bonchev–Trinajstić information content (AvgIpc) is 2.28. The Kier molecular flexibility index (Phi) is 5.67. The molecular formula is C13H24N2O2Si. The van der Waals surface area contributed by atoms with E-state index in [0.29, 0.717) is 6.61 Å². The van der Waals surface area contributed by atoms with Crippen molar-refractivity contribution in [3.8, 4) is 6.07 Å². The number of nitriles is 1. The number of nitrogens with one attached hydrogen (secondary N) is 1. The van der Waals surface area contributed by atoms with Gasteiger partial charge in [0.15, 0.2) is 0 Å². The van der Waals surface area contributed by atoms with E-state index in [0.717, 1.165) is 31.7 Å². The van der Waals surface area contributed by atoms with Gasteiger partial charge in [-0.1, -0.05) is 19.6 Å². The number of amides is 1. The van der Waals surface area contributed by atoms with E-state index in [2.05, 4.69) is 31.0 Å². The number of hydrogen-bond donors (Lipinski definition) is 1. The van der Waals surface area contributed by atoms with Crippen molar-refractivity contribution in [3.05, 3.63) is 0 Å². The Morgan fingerprint density at radius 2 is 1.94 bits per heavy atom. The monoisotopic (exact) mass is 268 g/mol. The zero-order valence-corrected chi connectivity index (χ0v) is 12.7. The molecule has 1 N–H and O–H groups in total. The van der Waals surface area contributed by atoms with E-state index in [1.165, 1.54) is 0 Å². The standard InChI is InChI=1S/C13H24N2O2Si/c1-18(2,3)9-8-17-13(16)15-12-6-4-11(10-14)5-7-12/h11-12H,4-9H2,1-3H3,(H,15,16). The Morgan fingerprint density at radius 3 is 2.44 bits per heavy atom. The van der Waals surface area contributed by atoms with Crippen LogP contribution in [0, 0.1) is 17.2 Å². The normalized spacial score (nSPS) is 24.1. The van der Waals surface area contributed by atoms with Crippen LogP contribution in [-0.4, -0.2) is 26.8 Å². The first kappa shape index (κ1) is 15.0. The van der Waals surface area contributed by atoms with Crippen LogP contribution in [0.2, 0.25) is 25.7 Å². The second-order valence-corrected chi connectivity index (χ2v) is 11.9. The van der Waals surface area contributed by atoms with E-state index in [4.69, 9.17) is 10.00 Å². The molecule has 0 radical (unpaired) electrons. The molecule has 5 heteroatoms. The van der Waals surface area contributed by atoms with Crippen LogP contribution in [0.3, 0.4) is 0 Å². The van der Waals surface area contributed by atoms with Gasteiger partial charge < -0.3 is 10.1 Å². The SMILES string of the molecule is C[Si](C)(C)CCOC(=O)NC1CCC(C#N)CC1. The zero-order chi connectivity index (χ0) is 13.6. The Bertz CT molecular complexity index is 312. The van der Waals surface area contributed by atoms with Crippen LogP contribution in [0.1, 0.15) is 25.7 Å². The summed E-state index contributed by atoms with van der Waals surface area (Å²) in [6.07, 6.45) is 3.25. The van der Waals surface area contributed by atoms with E-state index in [-0.39, 0.29) is 18.1 Å².